The quantitative estimate of drug-likeness (QED) is 0.889. The van der Waals surface area contributed by atoms with E-state index in [1.54, 1.807) is 11.3 Å². The molecule has 0 radical (unpaired) electrons. The van der Waals surface area contributed by atoms with Crippen LogP contribution < -0.4 is 5.32 Å². The number of rotatable bonds is 5. The fraction of sp³-hybridized carbons (Fsp3) is 0.462. The van der Waals surface area contributed by atoms with Crippen LogP contribution in [0, 0.1) is 12.8 Å². The molecular formula is C13H16N2S2. The summed E-state index contributed by atoms with van der Waals surface area (Å²) in [5.41, 5.74) is 0. The summed E-state index contributed by atoms with van der Waals surface area (Å²) in [5, 5.41) is 7.02. The van der Waals surface area contributed by atoms with Gasteiger partial charge < -0.3 is 5.32 Å². The molecule has 0 aliphatic heterocycles. The van der Waals surface area contributed by atoms with Crippen LogP contribution in [0.15, 0.2) is 23.7 Å². The summed E-state index contributed by atoms with van der Waals surface area (Å²) in [5.74, 6) is 0.850. The summed E-state index contributed by atoms with van der Waals surface area (Å²) in [7, 11) is 0. The van der Waals surface area contributed by atoms with E-state index >= 15 is 0 Å². The van der Waals surface area contributed by atoms with Gasteiger partial charge in [-0.25, -0.2) is 4.98 Å². The summed E-state index contributed by atoms with van der Waals surface area (Å²) in [6.45, 7) is 3.01. The van der Waals surface area contributed by atoms with Crippen molar-refractivity contribution in [1.82, 2.24) is 10.3 Å². The van der Waals surface area contributed by atoms with Crippen LogP contribution in [-0.2, 0) is 6.54 Å². The van der Waals surface area contributed by atoms with Crippen molar-refractivity contribution in [3.05, 3.63) is 38.5 Å². The van der Waals surface area contributed by atoms with Gasteiger partial charge >= 0.3 is 0 Å². The van der Waals surface area contributed by atoms with Gasteiger partial charge in [-0.3, -0.25) is 0 Å². The van der Waals surface area contributed by atoms with Crippen molar-refractivity contribution in [2.75, 3.05) is 0 Å². The van der Waals surface area contributed by atoms with Crippen molar-refractivity contribution < 1.29 is 0 Å². The van der Waals surface area contributed by atoms with Crippen LogP contribution in [0.1, 0.15) is 33.6 Å². The van der Waals surface area contributed by atoms with Gasteiger partial charge in [-0.15, -0.1) is 22.7 Å². The number of hydrogen-bond acceptors (Lipinski definition) is 4. The Labute approximate surface area is 110 Å². The first-order valence-corrected chi connectivity index (χ1v) is 7.70. The second kappa shape index (κ2) is 4.88. The highest BCUT2D eigenvalue weighted by Gasteiger charge is 2.32. The number of nitrogens with one attached hydrogen (secondary N) is 1. The zero-order chi connectivity index (χ0) is 11.7. The van der Waals surface area contributed by atoms with Gasteiger partial charge in [-0.1, -0.05) is 6.07 Å². The van der Waals surface area contributed by atoms with E-state index in [2.05, 4.69) is 34.7 Å². The first-order valence-electron chi connectivity index (χ1n) is 6.01. The van der Waals surface area contributed by atoms with Crippen LogP contribution in [0.3, 0.4) is 0 Å². The summed E-state index contributed by atoms with van der Waals surface area (Å²) in [6, 6.07) is 4.95. The lowest BCUT2D eigenvalue weighted by Gasteiger charge is -2.15. The summed E-state index contributed by atoms with van der Waals surface area (Å²) in [6.07, 6.45) is 4.74. The van der Waals surface area contributed by atoms with E-state index < -0.39 is 0 Å². The van der Waals surface area contributed by atoms with E-state index in [4.69, 9.17) is 0 Å². The molecule has 1 fully saturated rings. The van der Waals surface area contributed by atoms with Gasteiger partial charge in [0.15, 0.2) is 0 Å². The Hall–Kier alpha value is -0.710. The molecule has 4 heteroatoms. The summed E-state index contributed by atoms with van der Waals surface area (Å²) in [4.78, 5) is 7.12. The molecule has 90 valence electrons. The maximum absolute atomic E-state index is 4.30. The Morgan fingerprint density at radius 3 is 3.00 bits per heavy atom. The molecule has 1 atom stereocenters. The Bertz CT molecular complexity index is 471. The number of aryl methyl sites for hydroxylation is 1. The third kappa shape index (κ3) is 2.76. The monoisotopic (exact) mass is 264 g/mol. The average molecular weight is 264 g/mol. The second-order valence-corrected chi connectivity index (χ2v) is 6.86. The minimum absolute atomic E-state index is 0.553. The van der Waals surface area contributed by atoms with Gasteiger partial charge in [-0.2, -0.15) is 0 Å². The van der Waals surface area contributed by atoms with Gasteiger partial charge in [-0.05, 0) is 37.1 Å². The SMILES string of the molecule is Cc1ncc(CNC(c2cccs2)C2CC2)s1. The number of thiazole rings is 1. The van der Waals surface area contributed by atoms with Crippen molar-refractivity contribution in [2.45, 2.75) is 32.4 Å². The van der Waals surface area contributed by atoms with Gasteiger partial charge in [0, 0.05) is 28.5 Å². The number of hydrogen-bond donors (Lipinski definition) is 1. The van der Waals surface area contributed by atoms with E-state index in [-0.39, 0.29) is 0 Å². The molecular weight excluding hydrogens is 248 g/mol. The van der Waals surface area contributed by atoms with Crippen LogP contribution in [0.4, 0.5) is 0 Å². The van der Waals surface area contributed by atoms with E-state index in [9.17, 15) is 0 Å². The third-order valence-corrected chi connectivity index (χ3v) is 4.98. The maximum atomic E-state index is 4.30. The zero-order valence-electron chi connectivity index (χ0n) is 9.85. The van der Waals surface area contributed by atoms with Crippen LogP contribution in [0.25, 0.3) is 0 Å². The minimum atomic E-state index is 0.553. The normalized spacial score (nSPS) is 17.2. The summed E-state index contributed by atoms with van der Waals surface area (Å²) >= 11 is 3.65. The van der Waals surface area contributed by atoms with Gasteiger partial charge in [0.1, 0.15) is 0 Å². The number of nitrogens with zero attached hydrogens (tertiary/aromatic N) is 1. The molecule has 3 rings (SSSR count). The highest BCUT2D eigenvalue weighted by Crippen LogP contribution is 2.42. The highest BCUT2D eigenvalue weighted by atomic mass is 32.1. The lowest BCUT2D eigenvalue weighted by molar-refractivity contribution is 0.490. The van der Waals surface area contributed by atoms with Crippen LogP contribution >= 0.6 is 22.7 Å². The number of aromatic nitrogens is 1. The maximum Gasteiger partial charge on any atom is 0.0897 e. The van der Waals surface area contributed by atoms with Gasteiger partial charge in [0.2, 0.25) is 0 Å². The van der Waals surface area contributed by atoms with Crippen molar-refractivity contribution in [3.63, 3.8) is 0 Å². The van der Waals surface area contributed by atoms with Crippen LogP contribution in [-0.4, -0.2) is 4.98 Å². The van der Waals surface area contributed by atoms with Crippen molar-refractivity contribution in [2.24, 2.45) is 5.92 Å². The Kier molecular flexibility index (Phi) is 3.27. The predicted molar refractivity (Wildman–Crippen MR) is 73.5 cm³/mol. The molecule has 0 aromatic carbocycles. The highest BCUT2D eigenvalue weighted by molar-refractivity contribution is 7.11. The third-order valence-electron chi connectivity index (χ3n) is 3.11. The van der Waals surface area contributed by atoms with Crippen molar-refractivity contribution in [1.29, 1.82) is 0 Å². The van der Waals surface area contributed by atoms with Gasteiger partial charge in [0.05, 0.1) is 5.01 Å². The molecule has 0 amide bonds. The average Bonchev–Trinajstić information content (AvgIpc) is 2.85. The Morgan fingerprint density at radius 1 is 1.53 bits per heavy atom. The fourth-order valence-corrected chi connectivity index (χ4v) is 3.73. The fourth-order valence-electron chi connectivity index (χ4n) is 2.09. The molecule has 2 aromatic heterocycles. The molecule has 1 saturated carbocycles. The molecule has 1 unspecified atom stereocenters. The van der Waals surface area contributed by atoms with E-state index in [0.717, 1.165) is 17.5 Å². The van der Waals surface area contributed by atoms with E-state index in [1.165, 1.54) is 22.6 Å². The van der Waals surface area contributed by atoms with Gasteiger partial charge in [0.25, 0.3) is 0 Å². The van der Waals surface area contributed by atoms with Crippen molar-refractivity contribution in [3.8, 4) is 0 Å². The molecule has 0 bridgehead atoms. The molecule has 1 N–H and O–H groups in total. The molecule has 0 spiro atoms. The van der Waals surface area contributed by atoms with E-state index in [0.29, 0.717) is 6.04 Å². The van der Waals surface area contributed by atoms with E-state index in [1.807, 2.05) is 17.5 Å². The smallest absolute Gasteiger partial charge is 0.0897 e. The molecule has 2 aromatic rings. The number of thiophene rings is 1. The first-order chi connectivity index (χ1) is 8.33. The van der Waals surface area contributed by atoms with Crippen molar-refractivity contribution >= 4 is 22.7 Å². The largest absolute Gasteiger partial charge is 0.304 e. The lowest BCUT2D eigenvalue weighted by Crippen LogP contribution is -2.21. The zero-order valence-corrected chi connectivity index (χ0v) is 11.5. The predicted octanol–water partition coefficient (Wildman–Crippen LogP) is 3.75. The second-order valence-electron chi connectivity index (χ2n) is 4.56. The molecule has 1 aliphatic rings. The summed E-state index contributed by atoms with van der Waals surface area (Å²) < 4.78 is 0. The standard InChI is InChI=1S/C13H16N2S2/c1-9-14-7-11(17-9)8-15-13(10-4-5-10)12-3-2-6-16-12/h2-3,6-7,10,13,15H,4-5,8H2,1H3. The molecule has 0 saturated heterocycles. The lowest BCUT2D eigenvalue weighted by atomic mass is 10.1. The van der Waals surface area contributed by atoms with Crippen LogP contribution in [0.2, 0.25) is 0 Å². The minimum Gasteiger partial charge on any atom is -0.304 e. The Morgan fingerprint density at radius 2 is 2.41 bits per heavy atom. The molecule has 2 nitrogen and oxygen atoms in total. The molecule has 1 aliphatic carbocycles. The molecule has 2 heterocycles. The Balaban J connectivity index is 1.65. The molecule has 17 heavy (non-hydrogen) atoms. The topological polar surface area (TPSA) is 24.9 Å². The van der Waals surface area contributed by atoms with Crippen LogP contribution in [0.5, 0.6) is 0 Å². The first kappa shape index (κ1) is 11.4.